The summed E-state index contributed by atoms with van der Waals surface area (Å²) in [6, 6.07) is 22.3. The molecule has 3 aromatic rings. The second-order valence-electron chi connectivity index (χ2n) is 11.9. The summed E-state index contributed by atoms with van der Waals surface area (Å²) in [6.45, 7) is 11.8. The first kappa shape index (κ1) is 28.1. The van der Waals surface area contributed by atoms with Crippen molar-refractivity contribution >= 4 is 37.2 Å². The number of hydrogen-bond acceptors (Lipinski definition) is 5. The van der Waals surface area contributed by atoms with Crippen LogP contribution in [0, 0.1) is 12.3 Å². The van der Waals surface area contributed by atoms with E-state index in [1.165, 1.54) is 0 Å². The van der Waals surface area contributed by atoms with Crippen molar-refractivity contribution in [3.05, 3.63) is 89.0 Å². The van der Waals surface area contributed by atoms with Gasteiger partial charge in [-0.05, 0) is 60.8 Å². The monoisotopic (exact) mass is 567 g/mol. The molecule has 5 rings (SSSR count). The highest BCUT2D eigenvalue weighted by atomic mass is 32.2. The van der Waals surface area contributed by atoms with Gasteiger partial charge in [-0.3, -0.25) is 4.79 Å². The molecule has 6 heteroatoms. The van der Waals surface area contributed by atoms with E-state index in [0.29, 0.717) is 6.61 Å². The van der Waals surface area contributed by atoms with Crippen LogP contribution < -0.4 is 14.5 Å². The zero-order valence-electron chi connectivity index (χ0n) is 24.0. The summed E-state index contributed by atoms with van der Waals surface area (Å²) in [6.07, 6.45) is 7.98. The quantitative estimate of drug-likeness (QED) is 0.167. The molecule has 0 fully saturated rings. The van der Waals surface area contributed by atoms with Crippen molar-refractivity contribution in [3.63, 3.8) is 0 Å². The maximum atomic E-state index is 13.9. The van der Waals surface area contributed by atoms with Gasteiger partial charge in [0.1, 0.15) is 11.5 Å². The van der Waals surface area contributed by atoms with Crippen molar-refractivity contribution in [2.24, 2.45) is 0 Å². The predicted octanol–water partition coefficient (Wildman–Crippen LogP) is 9.12. The number of Topliss-reactive ketones (excluding diaryl/α,β-unsaturated/α-hetero) is 1. The summed E-state index contributed by atoms with van der Waals surface area (Å²) < 4.78 is 13.1. The fourth-order valence-corrected chi connectivity index (χ4v) is 7.06. The summed E-state index contributed by atoms with van der Waals surface area (Å²) in [5.41, 5.74) is 5.34. The largest absolute Gasteiger partial charge is 0.543 e. The first-order valence-corrected chi connectivity index (χ1v) is 17.7. The van der Waals surface area contributed by atoms with Crippen LogP contribution in [0.25, 0.3) is 5.70 Å². The van der Waals surface area contributed by atoms with Gasteiger partial charge in [-0.2, -0.15) is 0 Å². The lowest BCUT2D eigenvalue weighted by molar-refractivity contribution is 0.103. The van der Waals surface area contributed by atoms with Crippen molar-refractivity contribution in [1.29, 1.82) is 0 Å². The lowest BCUT2D eigenvalue weighted by atomic mass is 10.00. The number of unbranched alkanes of at least 4 members (excludes halogenated alkanes) is 2. The van der Waals surface area contributed by atoms with Crippen LogP contribution in [0.2, 0.25) is 18.1 Å². The van der Waals surface area contributed by atoms with Crippen LogP contribution in [-0.2, 0) is 0 Å². The molecule has 0 saturated heterocycles. The predicted molar refractivity (Wildman–Crippen MR) is 169 cm³/mol. The van der Waals surface area contributed by atoms with Gasteiger partial charge in [-0.15, -0.1) is 24.1 Å². The van der Waals surface area contributed by atoms with Gasteiger partial charge < -0.3 is 14.5 Å². The van der Waals surface area contributed by atoms with Crippen molar-refractivity contribution in [3.8, 4) is 23.8 Å². The Balaban J connectivity index is 1.60. The third-order valence-corrected chi connectivity index (χ3v) is 13.7. The topological polar surface area (TPSA) is 47.6 Å². The van der Waals surface area contributed by atoms with Crippen LogP contribution in [0.4, 0.5) is 5.69 Å². The van der Waals surface area contributed by atoms with E-state index in [4.69, 9.17) is 15.6 Å². The van der Waals surface area contributed by atoms with Crippen LogP contribution in [0.1, 0.15) is 66.8 Å². The molecule has 1 aliphatic heterocycles. The fourth-order valence-electron chi connectivity index (χ4n) is 4.77. The zero-order valence-corrected chi connectivity index (χ0v) is 25.8. The van der Waals surface area contributed by atoms with Crippen molar-refractivity contribution in [2.45, 2.75) is 68.3 Å². The lowest BCUT2D eigenvalue weighted by Crippen LogP contribution is -2.43. The molecule has 0 aromatic heterocycles. The third kappa shape index (κ3) is 5.59. The van der Waals surface area contributed by atoms with Gasteiger partial charge in [0.05, 0.1) is 23.2 Å². The van der Waals surface area contributed by atoms with Gasteiger partial charge in [0.25, 0.3) is 0 Å². The number of ether oxygens (including phenoxy) is 1. The molecule has 0 bridgehead atoms. The molecule has 0 saturated carbocycles. The van der Waals surface area contributed by atoms with Gasteiger partial charge in [-0.25, -0.2) is 0 Å². The van der Waals surface area contributed by atoms with E-state index in [2.05, 4.69) is 69.4 Å². The molecule has 1 N–H and O–H groups in total. The molecule has 0 radical (unpaired) electrons. The Bertz CT molecular complexity index is 1510. The summed E-state index contributed by atoms with van der Waals surface area (Å²) in [4.78, 5) is 15.0. The van der Waals surface area contributed by atoms with Crippen LogP contribution >= 0.6 is 11.8 Å². The standard InChI is InChI=1S/C34H37NO3SSi/c1-7-8-9-14-19-37-24-20-23(21-25(22-24)38-40(5,6)34(2,3)4)33-30-31(26-15-10-11-16-27(26)32(30)36)35-28-17-12-13-18-29(28)39-33/h1,10-13,15-18,20-22,33,35H,8-9,14,19H2,2-6H3. The van der Waals surface area contributed by atoms with Crippen LogP contribution in [0.5, 0.6) is 11.5 Å². The number of thioether (sulfide) groups is 1. The van der Waals surface area contributed by atoms with E-state index in [1.807, 2.05) is 42.5 Å². The van der Waals surface area contributed by atoms with Crippen molar-refractivity contribution in [2.75, 3.05) is 11.9 Å². The molecule has 206 valence electrons. The first-order valence-electron chi connectivity index (χ1n) is 13.9. The van der Waals surface area contributed by atoms with Gasteiger partial charge >= 0.3 is 0 Å². The number of terminal acetylenes is 1. The summed E-state index contributed by atoms with van der Waals surface area (Å²) in [7, 11) is -2.13. The number of nitrogens with one attached hydrogen (secondary N) is 1. The second-order valence-corrected chi connectivity index (χ2v) is 17.8. The Morgan fingerprint density at radius 1 is 0.975 bits per heavy atom. The molecule has 2 aliphatic rings. The van der Waals surface area contributed by atoms with E-state index in [-0.39, 0.29) is 16.1 Å². The van der Waals surface area contributed by atoms with Gasteiger partial charge in [0.2, 0.25) is 8.32 Å². The highest BCUT2D eigenvalue weighted by Crippen LogP contribution is 2.53. The highest BCUT2D eigenvalue weighted by Gasteiger charge is 2.41. The number of para-hydroxylation sites is 1. The van der Waals surface area contributed by atoms with Crippen LogP contribution in [-0.4, -0.2) is 20.7 Å². The Kier molecular flexibility index (Phi) is 7.90. The minimum Gasteiger partial charge on any atom is -0.543 e. The zero-order chi connectivity index (χ0) is 28.5. The highest BCUT2D eigenvalue weighted by molar-refractivity contribution is 8.00. The summed E-state index contributed by atoms with van der Waals surface area (Å²) in [5.74, 6) is 4.31. The van der Waals surface area contributed by atoms with Crippen LogP contribution in [0.15, 0.2) is 77.2 Å². The normalized spacial score (nSPS) is 16.3. The Morgan fingerprint density at radius 2 is 1.68 bits per heavy atom. The number of anilines is 1. The van der Waals surface area contributed by atoms with Crippen molar-refractivity contribution in [1.82, 2.24) is 0 Å². The van der Waals surface area contributed by atoms with E-state index >= 15 is 0 Å². The van der Waals surface area contributed by atoms with E-state index in [0.717, 1.165) is 69.3 Å². The second kappa shape index (κ2) is 11.2. The van der Waals surface area contributed by atoms with Crippen molar-refractivity contribution < 1.29 is 14.0 Å². The maximum Gasteiger partial charge on any atom is 0.250 e. The maximum absolute atomic E-state index is 13.9. The number of fused-ring (bicyclic) bond motifs is 3. The molecule has 4 nitrogen and oxygen atoms in total. The molecule has 0 spiro atoms. The number of ketones is 1. The number of carbonyl (C=O) groups is 1. The number of carbonyl (C=O) groups excluding carboxylic acids is 1. The molecule has 3 aromatic carbocycles. The summed E-state index contributed by atoms with van der Waals surface area (Å²) >= 11 is 1.69. The first-order chi connectivity index (χ1) is 19.1. The molecule has 1 aliphatic carbocycles. The Hall–Kier alpha value is -3.40. The van der Waals surface area contributed by atoms with Gasteiger partial charge in [0, 0.05) is 34.1 Å². The molecule has 1 heterocycles. The Labute approximate surface area is 243 Å². The molecular weight excluding hydrogens is 531 g/mol. The van der Waals surface area contributed by atoms with Gasteiger partial charge in [-0.1, -0.05) is 57.2 Å². The molecule has 40 heavy (non-hydrogen) atoms. The van der Waals surface area contributed by atoms with E-state index < -0.39 is 8.32 Å². The molecule has 1 atom stereocenters. The number of rotatable bonds is 8. The number of hydrogen-bond donors (Lipinski definition) is 1. The van der Waals surface area contributed by atoms with E-state index in [1.54, 1.807) is 11.8 Å². The smallest absolute Gasteiger partial charge is 0.250 e. The molecular formula is C34H37NO3SSi. The lowest BCUT2D eigenvalue weighted by Gasteiger charge is -2.36. The van der Waals surface area contributed by atoms with E-state index in [9.17, 15) is 4.79 Å². The average molecular weight is 568 g/mol. The van der Waals surface area contributed by atoms with Gasteiger partial charge in [0.15, 0.2) is 5.78 Å². The fraction of sp³-hybridized carbons (Fsp3) is 0.324. The Morgan fingerprint density at radius 3 is 2.42 bits per heavy atom. The summed E-state index contributed by atoms with van der Waals surface area (Å²) in [5, 5.41) is 3.42. The third-order valence-electron chi connectivity index (χ3n) is 7.98. The minimum atomic E-state index is -2.13. The SMILES string of the molecule is C#CCCCCOc1cc(O[Si](C)(C)C(C)(C)C)cc(C2Sc3ccccc3NC3=C2C(=O)c2ccccc23)c1. The van der Waals surface area contributed by atoms with Crippen LogP contribution in [0.3, 0.4) is 0 Å². The number of benzene rings is 3. The minimum absolute atomic E-state index is 0.0396. The molecule has 1 unspecified atom stereocenters. The average Bonchev–Trinajstić information content (AvgIpc) is 3.07. The molecule has 0 amide bonds.